The van der Waals surface area contributed by atoms with Gasteiger partial charge in [0.2, 0.25) is 0 Å². The molecule has 0 bridgehead atoms. The molecule has 3 rings (SSSR count). The Hall–Kier alpha value is -2.00. The van der Waals surface area contributed by atoms with E-state index in [-0.39, 0.29) is 6.04 Å². The van der Waals surface area contributed by atoms with Crippen LogP contribution in [-0.2, 0) is 6.42 Å². The largest absolute Gasteiger partial charge is 0.355 e. The highest BCUT2D eigenvalue weighted by atomic mass is 35.5. The SMILES string of the molecule is Clc1ccc(CC(NC2=NCCN2)c2ccccc2)cc1. The van der Waals surface area contributed by atoms with Gasteiger partial charge in [-0.2, -0.15) is 0 Å². The van der Waals surface area contributed by atoms with Crippen molar-refractivity contribution in [2.45, 2.75) is 12.5 Å². The Bertz CT molecular complexity index is 608. The van der Waals surface area contributed by atoms with Gasteiger partial charge in [0.1, 0.15) is 0 Å². The number of nitrogens with one attached hydrogen (secondary N) is 2. The molecule has 1 aliphatic rings. The van der Waals surface area contributed by atoms with Crippen LogP contribution in [-0.4, -0.2) is 19.0 Å². The molecule has 0 radical (unpaired) electrons. The predicted molar refractivity (Wildman–Crippen MR) is 87.8 cm³/mol. The van der Waals surface area contributed by atoms with Crippen molar-refractivity contribution in [1.29, 1.82) is 0 Å². The zero-order valence-corrected chi connectivity index (χ0v) is 12.5. The van der Waals surface area contributed by atoms with E-state index in [4.69, 9.17) is 11.6 Å². The van der Waals surface area contributed by atoms with Crippen LogP contribution in [0, 0.1) is 0 Å². The van der Waals surface area contributed by atoms with Crippen LogP contribution in [0.1, 0.15) is 17.2 Å². The summed E-state index contributed by atoms with van der Waals surface area (Å²) in [5, 5.41) is 7.54. The summed E-state index contributed by atoms with van der Waals surface area (Å²) in [5.74, 6) is 0.887. The monoisotopic (exact) mass is 299 g/mol. The molecule has 0 aliphatic carbocycles. The van der Waals surface area contributed by atoms with Crippen molar-refractivity contribution >= 4 is 17.6 Å². The molecule has 21 heavy (non-hydrogen) atoms. The highest BCUT2D eigenvalue weighted by Gasteiger charge is 2.15. The van der Waals surface area contributed by atoms with E-state index in [0.717, 1.165) is 30.5 Å². The lowest BCUT2D eigenvalue weighted by molar-refractivity contribution is 0.634. The molecule has 1 atom stereocenters. The van der Waals surface area contributed by atoms with Crippen LogP contribution in [0.3, 0.4) is 0 Å². The van der Waals surface area contributed by atoms with Crippen molar-refractivity contribution in [2.24, 2.45) is 4.99 Å². The summed E-state index contributed by atoms with van der Waals surface area (Å²) in [6.07, 6.45) is 0.891. The Morgan fingerprint density at radius 3 is 2.52 bits per heavy atom. The third-order valence-electron chi connectivity index (χ3n) is 3.54. The number of hydrogen-bond donors (Lipinski definition) is 2. The zero-order valence-electron chi connectivity index (χ0n) is 11.7. The summed E-state index contributed by atoms with van der Waals surface area (Å²) in [7, 11) is 0. The lowest BCUT2D eigenvalue weighted by atomic mass is 9.99. The molecule has 0 spiro atoms. The van der Waals surface area contributed by atoms with E-state index in [1.165, 1.54) is 11.1 Å². The molecule has 2 aromatic carbocycles. The third-order valence-corrected chi connectivity index (χ3v) is 3.79. The van der Waals surface area contributed by atoms with Gasteiger partial charge in [0.15, 0.2) is 5.96 Å². The Kier molecular flexibility index (Phi) is 4.41. The maximum Gasteiger partial charge on any atom is 0.191 e. The number of halogens is 1. The number of hydrogen-bond acceptors (Lipinski definition) is 3. The van der Waals surface area contributed by atoms with Crippen LogP contribution in [0.2, 0.25) is 5.02 Å². The summed E-state index contributed by atoms with van der Waals surface area (Å²) < 4.78 is 0. The highest BCUT2D eigenvalue weighted by Crippen LogP contribution is 2.20. The van der Waals surface area contributed by atoms with E-state index in [9.17, 15) is 0 Å². The van der Waals surface area contributed by atoms with E-state index in [1.54, 1.807) is 0 Å². The second-order valence-corrected chi connectivity index (χ2v) is 5.53. The number of guanidine groups is 1. The van der Waals surface area contributed by atoms with Gasteiger partial charge >= 0.3 is 0 Å². The molecular weight excluding hydrogens is 282 g/mol. The van der Waals surface area contributed by atoms with E-state index >= 15 is 0 Å². The average molecular weight is 300 g/mol. The van der Waals surface area contributed by atoms with E-state index in [2.05, 4.69) is 52.0 Å². The summed E-state index contributed by atoms with van der Waals surface area (Å²) in [5.41, 5.74) is 2.50. The number of rotatable bonds is 4. The minimum atomic E-state index is 0.191. The first kappa shape index (κ1) is 14.0. The Morgan fingerprint density at radius 2 is 1.86 bits per heavy atom. The maximum absolute atomic E-state index is 5.96. The van der Waals surface area contributed by atoms with Crippen molar-refractivity contribution in [3.05, 3.63) is 70.7 Å². The zero-order chi connectivity index (χ0) is 14.5. The standard InChI is InChI=1S/C17H18ClN3/c18-15-8-6-13(7-9-15)12-16(14-4-2-1-3-5-14)21-17-19-10-11-20-17/h1-9,16H,10-12H2,(H2,19,20,21). The second-order valence-electron chi connectivity index (χ2n) is 5.10. The van der Waals surface area contributed by atoms with Crippen LogP contribution < -0.4 is 10.6 Å². The van der Waals surface area contributed by atoms with Gasteiger partial charge in [0.05, 0.1) is 12.6 Å². The summed E-state index contributed by atoms with van der Waals surface area (Å²) >= 11 is 5.96. The predicted octanol–water partition coefficient (Wildman–Crippen LogP) is 3.17. The molecule has 0 aromatic heterocycles. The van der Waals surface area contributed by atoms with Crippen molar-refractivity contribution in [3.8, 4) is 0 Å². The van der Waals surface area contributed by atoms with Crippen LogP contribution in [0.15, 0.2) is 59.6 Å². The minimum Gasteiger partial charge on any atom is -0.355 e. The van der Waals surface area contributed by atoms with Crippen molar-refractivity contribution in [3.63, 3.8) is 0 Å². The van der Waals surface area contributed by atoms with E-state index < -0.39 is 0 Å². The van der Waals surface area contributed by atoms with Crippen LogP contribution in [0.5, 0.6) is 0 Å². The Morgan fingerprint density at radius 1 is 1.10 bits per heavy atom. The minimum absolute atomic E-state index is 0.191. The molecule has 2 N–H and O–H groups in total. The Labute approximate surface area is 130 Å². The van der Waals surface area contributed by atoms with Gasteiger partial charge < -0.3 is 10.6 Å². The van der Waals surface area contributed by atoms with Gasteiger partial charge in [-0.25, -0.2) is 0 Å². The molecule has 3 nitrogen and oxygen atoms in total. The summed E-state index contributed by atoms with van der Waals surface area (Å²) in [4.78, 5) is 4.43. The summed E-state index contributed by atoms with van der Waals surface area (Å²) in [6, 6.07) is 18.7. The fourth-order valence-electron chi connectivity index (χ4n) is 2.45. The second kappa shape index (κ2) is 6.64. The van der Waals surface area contributed by atoms with E-state index in [0.29, 0.717) is 0 Å². The number of benzene rings is 2. The fourth-order valence-corrected chi connectivity index (χ4v) is 2.58. The van der Waals surface area contributed by atoms with E-state index in [1.807, 2.05) is 18.2 Å². The summed E-state index contributed by atoms with van der Waals surface area (Å²) in [6.45, 7) is 1.75. The third kappa shape index (κ3) is 3.76. The molecule has 0 amide bonds. The van der Waals surface area contributed by atoms with Gasteiger partial charge in [-0.3, -0.25) is 4.99 Å². The molecule has 0 saturated heterocycles. The van der Waals surface area contributed by atoms with Gasteiger partial charge in [-0.1, -0.05) is 54.1 Å². The van der Waals surface area contributed by atoms with Crippen molar-refractivity contribution in [1.82, 2.24) is 10.6 Å². The van der Waals surface area contributed by atoms with Gasteiger partial charge in [-0.15, -0.1) is 0 Å². The molecule has 1 unspecified atom stereocenters. The van der Waals surface area contributed by atoms with Crippen LogP contribution in [0.4, 0.5) is 0 Å². The van der Waals surface area contributed by atoms with Crippen molar-refractivity contribution < 1.29 is 0 Å². The molecule has 108 valence electrons. The quantitative estimate of drug-likeness (QED) is 0.910. The van der Waals surface area contributed by atoms with Gasteiger partial charge in [-0.05, 0) is 29.7 Å². The smallest absolute Gasteiger partial charge is 0.191 e. The van der Waals surface area contributed by atoms with Gasteiger partial charge in [0.25, 0.3) is 0 Å². The first-order valence-electron chi connectivity index (χ1n) is 7.15. The first-order chi connectivity index (χ1) is 10.3. The highest BCUT2D eigenvalue weighted by molar-refractivity contribution is 6.30. The fraction of sp³-hybridized carbons (Fsp3) is 0.235. The molecular formula is C17H18ClN3. The lowest BCUT2D eigenvalue weighted by Crippen LogP contribution is -2.37. The van der Waals surface area contributed by atoms with Crippen LogP contribution >= 0.6 is 11.6 Å². The molecule has 1 aliphatic heterocycles. The number of aliphatic imine (C=N–C) groups is 1. The molecule has 0 fully saturated rings. The molecule has 0 saturated carbocycles. The topological polar surface area (TPSA) is 36.4 Å². The number of nitrogens with zero attached hydrogens (tertiary/aromatic N) is 1. The maximum atomic E-state index is 5.96. The van der Waals surface area contributed by atoms with Crippen LogP contribution in [0.25, 0.3) is 0 Å². The lowest BCUT2D eigenvalue weighted by Gasteiger charge is -2.20. The molecule has 2 aromatic rings. The Balaban J connectivity index is 1.79. The van der Waals surface area contributed by atoms with Crippen molar-refractivity contribution in [2.75, 3.05) is 13.1 Å². The molecule has 1 heterocycles. The normalized spacial score (nSPS) is 15.2. The molecule has 4 heteroatoms. The average Bonchev–Trinajstić information content (AvgIpc) is 3.03. The first-order valence-corrected chi connectivity index (χ1v) is 7.53. The van der Waals surface area contributed by atoms with Gasteiger partial charge in [0, 0.05) is 11.6 Å².